The summed E-state index contributed by atoms with van der Waals surface area (Å²) >= 11 is 0. The lowest BCUT2D eigenvalue weighted by atomic mass is 10.1. The molecule has 1 unspecified atom stereocenters. The van der Waals surface area contributed by atoms with Gasteiger partial charge in [0.2, 0.25) is 0 Å². The maximum atomic E-state index is 13.9. The lowest BCUT2D eigenvalue weighted by Gasteiger charge is -2.14. The molecule has 0 aliphatic heterocycles. The van der Waals surface area contributed by atoms with Gasteiger partial charge in [0, 0.05) is 11.7 Å². The van der Waals surface area contributed by atoms with Gasteiger partial charge in [0.15, 0.2) is 0 Å². The van der Waals surface area contributed by atoms with E-state index in [1.54, 1.807) is 31.2 Å². The largest absolute Gasteiger partial charge is 0.324 e. The zero-order valence-electron chi connectivity index (χ0n) is 11.5. The highest BCUT2D eigenvalue weighted by atomic mass is 19.1. The molecule has 2 rings (SSSR count). The van der Waals surface area contributed by atoms with Crippen LogP contribution in [0.4, 0.5) is 10.1 Å². The van der Waals surface area contributed by atoms with E-state index >= 15 is 0 Å². The van der Waals surface area contributed by atoms with Crippen LogP contribution in [-0.4, -0.2) is 5.91 Å². The van der Waals surface area contributed by atoms with Crippen LogP contribution in [0, 0.1) is 12.7 Å². The molecule has 20 heavy (non-hydrogen) atoms. The van der Waals surface area contributed by atoms with Crippen molar-refractivity contribution in [2.45, 2.75) is 19.9 Å². The van der Waals surface area contributed by atoms with Crippen molar-refractivity contribution in [1.82, 2.24) is 0 Å². The average Bonchev–Trinajstić information content (AvgIpc) is 2.42. The maximum absolute atomic E-state index is 13.9. The predicted molar refractivity (Wildman–Crippen MR) is 78.1 cm³/mol. The molecule has 0 radical (unpaired) electrons. The Labute approximate surface area is 117 Å². The number of hydrogen-bond donors (Lipinski definition) is 2. The van der Waals surface area contributed by atoms with Crippen LogP contribution in [0.5, 0.6) is 0 Å². The van der Waals surface area contributed by atoms with Crippen molar-refractivity contribution in [2.24, 2.45) is 5.73 Å². The van der Waals surface area contributed by atoms with E-state index in [-0.39, 0.29) is 11.6 Å². The highest BCUT2D eigenvalue weighted by Crippen LogP contribution is 2.22. The molecule has 4 heteroatoms. The summed E-state index contributed by atoms with van der Waals surface area (Å²) < 4.78 is 13.9. The second-order valence-electron chi connectivity index (χ2n) is 4.77. The summed E-state index contributed by atoms with van der Waals surface area (Å²) in [5.41, 5.74) is 7.75. The van der Waals surface area contributed by atoms with Gasteiger partial charge in [-0.2, -0.15) is 0 Å². The van der Waals surface area contributed by atoms with Gasteiger partial charge in [-0.05, 0) is 37.1 Å². The number of nitrogens with one attached hydrogen (secondary N) is 1. The summed E-state index contributed by atoms with van der Waals surface area (Å²) in [6.45, 7) is 3.46. The summed E-state index contributed by atoms with van der Waals surface area (Å²) in [5, 5.41) is 2.72. The summed E-state index contributed by atoms with van der Waals surface area (Å²) in [4.78, 5) is 12.2. The number of carbonyl (C=O) groups is 1. The molecule has 3 nitrogen and oxygen atoms in total. The smallest absolute Gasteiger partial charge is 0.258 e. The van der Waals surface area contributed by atoms with Crippen LogP contribution in [0.1, 0.15) is 34.5 Å². The van der Waals surface area contributed by atoms with Crippen LogP contribution in [-0.2, 0) is 0 Å². The number of amides is 1. The highest BCUT2D eigenvalue weighted by Gasteiger charge is 2.15. The monoisotopic (exact) mass is 272 g/mol. The topological polar surface area (TPSA) is 55.1 Å². The van der Waals surface area contributed by atoms with Crippen LogP contribution in [0.25, 0.3) is 0 Å². The van der Waals surface area contributed by atoms with Gasteiger partial charge in [0.25, 0.3) is 5.91 Å². The SMILES string of the molecule is Cc1cccc(C(=O)Nc2ccccc2C(C)N)c1F. The molecule has 0 bridgehead atoms. The molecule has 1 atom stereocenters. The highest BCUT2D eigenvalue weighted by molar-refractivity contribution is 6.05. The molecule has 0 saturated carbocycles. The maximum Gasteiger partial charge on any atom is 0.258 e. The number of halogens is 1. The van der Waals surface area contributed by atoms with Crippen molar-refractivity contribution in [3.05, 3.63) is 65.0 Å². The molecule has 0 aliphatic rings. The fourth-order valence-electron chi connectivity index (χ4n) is 2.02. The van der Waals surface area contributed by atoms with E-state index in [0.29, 0.717) is 11.3 Å². The van der Waals surface area contributed by atoms with Gasteiger partial charge in [0.05, 0.1) is 5.56 Å². The third-order valence-corrected chi connectivity index (χ3v) is 3.14. The number of carbonyl (C=O) groups excluding carboxylic acids is 1. The van der Waals surface area contributed by atoms with Gasteiger partial charge in [-0.15, -0.1) is 0 Å². The minimum Gasteiger partial charge on any atom is -0.324 e. The minimum atomic E-state index is -0.497. The Morgan fingerprint density at radius 3 is 2.60 bits per heavy atom. The van der Waals surface area contributed by atoms with Crippen LogP contribution in [0.2, 0.25) is 0 Å². The summed E-state index contributed by atoms with van der Waals surface area (Å²) in [6, 6.07) is 11.8. The standard InChI is InChI=1S/C16H17FN2O/c1-10-6-5-8-13(15(10)17)16(20)19-14-9-4-3-7-12(14)11(2)18/h3-9,11H,18H2,1-2H3,(H,19,20). The molecule has 1 amide bonds. The van der Waals surface area contributed by atoms with E-state index in [0.717, 1.165) is 5.56 Å². The summed E-state index contributed by atoms with van der Waals surface area (Å²) in [7, 11) is 0. The Bertz CT molecular complexity index is 638. The third-order valence-electron chi connectivity index (χ3n) is 3.14. The first-order chi connectivity index (χ1) is 9.50. The molecule has 0 aromatic heterocycles. The van der Waals surface area contributed by atoms with Crippen molar-refractivity contribution >= 4 is 11.6 Å². The van der Waals surface area contributed by atoms with E-state index in [2.05, 4.69) is 5.32 Å². The van der Waals surface area contributed by atoms with Gasteiger partial charge < -0.3 is 11.1 Å². The minimum absolute atomic E-state index is 0.0319. The fourth-order valence-corrected chi connectivity index (χ4v) is 2.02. The van der Waals surface area contributed by atoms with Crippen molar-refractivity contribution in [1.29, 1.82) is 0 Å². The number of para-hydroxylation sites is 1. The predicted octanol–water partition coefficient (Wildman–Crippen LogP) is 3.41. The Morgan fingerprint density at radius 2 is 1.90 bits per heavy atom. The van der Waals surface area contributed by atoms with E-state index in [9.17, 15) is 9.18 Å². The molecular formula is C16H17FN2O. The fraction of sp³-hybridized carbons (Fsp3) is 0.188. The Morgan fingerprint density at radius 1 is 1.20 bits per heavy atom. The Balaban J connectivity index is 2.31. The lowest BCUT2D eigenvalue weighted by molar-refractivity contribution is 0.102. The van der Waals surface area contributed by atoms with Gasteiger partial charge in [-0.3, -0.25) is 4.79 Å². The van der Waals surface area contributed by atoms with Crippen LogP contribution in [0.3, 0.4) is 0 Å². The second-order valence-corrected chi connectivity index (χ2v) is 4.77. The van der Waals surface area contributed by atoms with Crippen molar-refractivity contribution in [3.63, 3.8) is 0 Å². The number of aryl methyl sites for hydroxylation is 1. The quantitative estimate of drug-likeness (QED) is 0.899. The molecule has 104 valence electrons. The average molecular weight is 272 g/mol. The van der Waals surface area contributed by atoms with Gasteiger partial charge >= 0.3 is 0 Å². The van der Waals surface area contributed by atoms with Crippen molar-refractivity contribution < 1.29 is 9.18 Å². The number of nitrogens with two attached hydrogens (primary N) is 1. The molecule has 3 N–H and O–H groups in total. The van der Waals surface area contributed by atoms with Crippen molar-refractivity contribution in [3.8, 4) is 0 Å². The zero-order chi connectivity index (χ0) is 14.7. The summed E-state index contributed by atoms with van der Waals surface area (Å²) in [6.07, 6.45) is 0. The van der Waals surface area contributed by atoms with Gasteiger partial charge in [-0.25, -0.2) is 4.39 Å². The van der Waals surface area contributed by atoms with E-state index in [1.165, 1.54) is 6.07 Å². The molecule has 2 aromatic rings. The number of anilines is 1. The number of benzene rings is 2. The molecule has 0 heterocycles. The molecule has 0 saturated heterocycles. The Kier molecular flexibility index (Phi) is 4.15. The van der Waals surface area contributed by atoms with Gasteiger partial charge in [0.1, 0.15) is 5.82 Å². The molecule has 0 aliphatic carbocycles. The van der Waals surface area contributed by atoms with Crippen LogP contribution in [0.15, 0.2) is 42.5 Å². The van der Waals surface area contributed by atoms with E-state index in [1.807, 2.05) is 19.1 Å². The van der Waals surface area contributed by atoms with Crippen LogP contribution >= 0.6 is 0 Å². The second kappa shape index (κ2) is 5.84. The molecule has 2 aromatic carbocycles. The normalized spacial score (nSPS) is 12.0. The number of rotatable bonds is 3. The van der Waals surface area contributed by atoms with E-state index < -0.39 is 11.7 Å². The molecular weight excluding hydrogens is 255 g/mol. The van der Waals surface area contributed by atoms with Crippen LogP contribution < -0.4 is 11.1 Å². The molecule has 0 spiro atoms. The lowest BCUT2D eigenvalue weighted by Crippen LogP contribution is -2.17. The first kappa shape index (κ1) is 14.2. The zero-order valence-corrected chi connectivity index (χ0v) is 11.5. The first-order valence-electron chi connectivity index (χ1n) is 6.41. The summed E-state index contributed by atoms with van der Waals surface area (Å²) in [5.74, 6) is -0.970. The van der Waals surface area contributed by atoms with Gasteiger partial charge in [-0.1, -0.05) is 30.3 Å². The Hall–Kier alpha value is -2.20. The third kappa shape index (κ3) is 2.86. The number of hydrogen-bond acceptors (Lipinski definition) is 2. The van der Waals surface area contributed by atoms with Crippen molar-refractivity contribution in [2.75, 3.05) is 5.32 Å². The van der Waals surface area contributed by atoms with E-state index in [4.69, 9.17) is 5.73 Å². The molecule has 0 fully saturated rings. The first-order valence-corrected chi connectivity index (χ1v) is 6.41.